The van der Waals surface area contributed by atoms with Crippen molar-refractivity contribution in [2.75, 3.05) is 7.11 Å². The van der Waals surface area contributed by atoms with Gasteiger partial charge in [-0.3, -0.25) is 20.2 Å². The molecule has 1 aliphatic heterocycles. The summed E-state index contributed by atoms with van der Waals surface area (Å²) in [6, 6.07) is 16.5. The first-order chi connectivity index (χ1) is 16.8. The van der Waals surface area contributed by atoms with E-state index >= 15 is 0 Å². The number of rotatable bonds is 8. The van der Waals surface area contributed by atoms with Gasteiger partial charge in [0.1, 0.15) is 6.61 Å². The van der Waals surface area contributed by atoms with Crippen LogP contribution in [-0.4, -0.2) is 28.8 Å². The van der Waals surface area contributed by atoms with Crippen molar-refractivity contribution < 1.29 is 28.9 Å². The van der Waals surface area contributed by atoms with Crippen LogP contribution in [-0.2, 0) is 16.1 Å². The van der Waals surface area contributed by atoms with Crippen molar-refractivity contribution in [3.05, 3.63) is 109 Å². The molecule has 0 atom stereocenters. The average molecular weight is 475 g/mol. The molecular formula is C24H17N3O8. The fourth-order valence-corrected chi connectivity index (χ4v) is 3.18. The number of nitro benzene ring substituents is 2. The van der Waals surface area contributed by atoms with Crippen LogP contribution in [0.3, 0.4) is 0 Å². The molecule has 0 saturated heterocycles. The SMILES string of the molecule is COc1cc(/C=C2\N=C(c3ccc([N+](=O)[O-])cc3)OC2=O)ccc1OCc1ccc([N+](=O)[O-])cc1. The lowest BCUT2D eigenvalue weighted by atomic mass is 10.1. The minimum absolute atomic E-state index is 0.00597. The molecule has 35 heavy (non-hydrogen) atoms. The third-order valence-electron chi connectivity index (χ3n) is 4.98. The summed E-state index contributed by atoms with van der Waals surface area (Å²) in [5.74, 6) is 0.242. The molecular weight excluding hydrogens is 458 g/mol. The summed E-state index contributed by atoms with van der Waals surface area (Å²) in [5, 5.41) is 21.6. The van der Waals surface area contributed by atoms with Gasteiger partial charge in [0.2, 0.25) is 5.90 Å². The van der Waals surface area contributed by atoms with E-state index < -0.39 is 15.8 Å². The number of hydrogen-bond acceptors (Lipinski definition) is 9. The van der Waals surface area contributed by atoms with Crippen LogP contribution in [0.15, 0.2) is 77.4 Å². The van der Waals surface area contributed by atoms with Gasteiger partial charge < -0.3 is 14.2 Å². The van der Waals surface area contributed by atoms with Crippen LogP contribution in [0.25, 0.3) is 6.08 Å². The molecule has 4 rings (SSSR count). The molecule has 0 unspecified atom stereocenters. The zero-order valence-electron chi connectivity index (χ0n) is 18.2. The van der Waals surface area contributed by atoms with Gasteiger partial charge in [-0.2, -0.15) is 0 Å². The summed E-state index contributed by atoms with van der Waals surface area (Å²) in [5.41, 5.74) is 1.74. The fraction of sp³-hybridized carbons (Fsp3) is 0.0833. The molecule has 1 aliphatic rings. The Morgan fingerprint density at radius 2 is 1.54 bits per heavy atom. The smallest absolute Gasteiger partial charge is 0.363 e. The Morgan fingerprint density at radius 3 is 2.14 bits per heavy atom. The fourth-order valence-electron chi connectivity index (χ4n) is 3.18. The van der Waals surface area contributed by atoms with Crippen LogP contribution in [0.5, 0.6) is 11.5 Å². The maximum Gasteiger partial charge on any atom is 0.363 e. The second kappa shape index (κ2) is 9.83. The number of nitro groups is 2. The lowest BCUT2D eigenvalue weighted by molar-refractivity contribution is -0.385. The van der Waals surface area contributed by atoms with Crippen LogP contribution in [0, 0.1) is 20.2 Å². The zero-order chi connectivity index (χ0) is 24.9. The van der Waals surface area contributed by atoms with E-state index in [2.05, 4.69) is 4.99 Å². The molecule has 0 N–H and O–H groups in total. The van der Waals surface area contributed by atoms with Crippen LogP contribution >= 0.6 is 0 Å². The van der Waals surface area contributed by atoms with Gasteiger partial charge in [-0.15, -0.1) is 0 Å². The van der Waals surface area contributed by atoms with Crippen LogP contribution in [0.4, 0.5) is 11.4 Å². The van der Waals surface area contributed by atoms with E-state index in [1.165, 1.54) is 49.6 Å². The van der Waals surface area contributed by atoms with Gasteiger partial charge >= 0.3 is 5.97 Å². The highest BCUT2D eigenvalue weighted by molar-refractivity contribution is 6.12. The quantitative estimate of drug-likeness (QED) is 0.201. The maximum absolute atomic E-state index is 12.3. The van der Waals surface area contributed by atoms with Gasteiger partial charge in [0.15, 0.2) is 17.2 Å². The van der Waals surface area contributed by atoms with Gasteiger partial charge in [-0.25, -0.2) is 9.79 Å². The normalized spacial score (nSPS) is 13.8. The van der Waals surface area contributed by atoms with Crippen LogP contribution in [0.2, 0.25) is 0 Å². The van der Waals surface area contributed by atoms with Gasteiger partial charge in [0.25, 0.3) is 11.4 Å². The largest absolute Gasteiger partial charge is 0.493 e. The first-order valence-electron chi connectivity index (χ1n) is 10.2. The number of carbonyl (C=O) groups excluding carboxylic acids is 1. The zero-order valence-corrected chi connectivity index (χ0v) is 18.2. The molecule has 0 saturated carbocycles. The first kappa shape index (κ1) is 23.1. The van der Waals surface area contributed by atoms with E-state index in [4.69, 9.17) is 14.2 Å². The Labute approximate surface area is 198 Å². The highest BCUT2D eigenvalue weighted by Gasteiger charge is 2.24. The van der Waals surface area contributed by atoms with Crippen molar-refractivity contribution in [1.82, 2.24) is 0 Å². The van der Waals surface area contributed by atoms with E-state index in [0.29, 0.717) is 22.6 Å². The van der Waals surface area contributed by atoms with Crippen molar-refractivity contribution >= 4 is 29.3 Å². The monoisotopic (exact) mass is 475 g/mol. The maximum atomic E-state index is 12.3. The number of nitrogens with zero attached hydrogens (tertiary/aromatic N) is 3. The molecule has 0 spiro atoms. The van der Waals surface area contributed by atoms with Crippen molar-refractivity contribution in [3.8, 4) is 11.5 Å². The third-order valence-corrected chi connectivity index (χ3v) is 4.98. The molecule has 0 amide bonds. The van der Waals surface area contributed by atoms with Gasteiger partial charge in [0, 0.05) is 29.8 Å². The highest BCUT2D eigenvalue weighted by atomic mass is 16.6. The Balaban J connectivity index is 1.49. The Hall–Kier alpha value is -5.06. The van der Waals surface area contributed by atoms with E-state index in [0.717, 1.165) is 5.56 Å². The summed E-state index contributed by atoms with van der Waals surface area (Å²) in [6.07, 6.45) is 1.52. The van der Waals surface area contributed by atoms with Gasteiger partial charge in [-0.1, -0.05) is 6.07 Å². The number of aliphatic imine (C=N–C) groups is 1. The number of benzene rings is 3. The highest BCUT2D eigenvalue weighted by Crippen LogP contribution is 2.30. The molecule has 11 heteroatoms. The molecule has 0 fully saturated rings. The summed E-state index contributed by atoms with van der Waals surface area (Å²) < 4.78 is 16.4. The molecule has 3 aromatic carbocycles. The number of hydrogen-bond donors (Lipinski definition) is 0. The number of ether oxygens (including phenoxy) is 3. The predicted molar refractivity (Wildman–Crippen MR) is 124 cm³/mol. The standard InChI is InChI=1S/C24H17N3O8/c1-33-22-13-16(4-11-21(22)34-14-15-2-7-18(8-3-15)26(29)30)12-20-24(28)35-23(25-20)17-5-9-19(10-6-17)27(31)32/h2-13H,14H2,1H3/b20-12-. The number of carbonyl (C=O) groups is 1. The molecule has 0 aliphatic carbocycles. The number of non-ortho nitro benzene ring substituents is 2. The predicted octanol–water partition coefficient (Wildman–Crippen LogP) is 4.44. The Bertz CT molecular complexity index is 1360. The van der Waals surface area contributed by atoms with Crippen molar-refractivity contribution in [2.24, 2.45) is 4.99 Å². The Kier molecular flexibility index (Phi) is 6.49. The first-order valence-corrected chi connectivity index (χ1v) is 10.2. The molecule has 0 bridgehead atoms. The lowest BCUT2D eigenvalue weighted by Gasteiger charge is -2.11. The number of methoxy groups -OCH3 is 1. The molecule has 176 valence electrons. The second-order valence-electron chi connectivity index (χ2n) is 7.26. The summed E-state index contributed by atoms with van der Waals surface area (Å²) in [4.78, 5) is 37.0. The summed E-state index contributed by atoms with van der Waals surface area (Å²) >= 11 is 0. The summed E-state index contributed by atoms with van der Waals surface area (Å²) in [7, 11) is 1.47. The number of cyclic esters (lactones) is 1. The van der Waals surface area contributed by atoms with E-state index in [-0.39, 0.29) is 29.6 Å². The van der Waals surface area contributed by atoms with E-state index in [1.807, 2.05) is 0 Å². The van der Waals surface area contributed by atoms with Crippen molar-refractivity contribution in [3.63, 3.8) is 0 Å². The van der Waals surface area contributed by atoms with Crippen LogP contribution in [0.1, 0.15) is 16.7 Å². The van der Waals surface area contributed by atoms with Crippen molar-refractivity contribution in [2.45, 2.75) is 6.61 Å². The minimum atomic E-state index is -0.657. The van der Waals surface area contributed by atoms with Gasteiger partial charge in [-0.05, 0) is 53.6 Å². The topological polar surface area (TPSA) is 143 Å². The number of esters is 1. The molecule has 0 aromatic heterocycles. The Morgan fingerprint density at radius 1 is 0.914 bits per heavy atom. The second-order valence-corrected chi connectivity index (χ2v) is 7.26. The molecule has 11 nitrogen and oxygen atoms in total. The van der Waals surface area contributed by atoms with Crippen LogP contribution < -0.4 is 9.47 Å². The summed E-state index contributed by atoms with van der Waals surface area (Å²) in [6.45, 7) is 0.171. The van der Waals surface area contributed by atoms with E-state index in [9.17, 15) is 25.0 Å². The lowest BCUT2D eigenvalue weighted by Crippen LogP contribution is -2.05. The molecule has 3 aromatic rings. The molecule has 0 radical (unpaired) electrons. The minimum Gasteiger partial charge on any atom is -0.493 e. The molecule has 1 heterocycles. The van der Waals surface area contributed by atoms with Gasteiger partial charge in [0.05, 0.1) is 17.0 Å². The van der Waals surface area contributed by atoms with Crippen molar-refractivity contribution in [1.29, 1.82) is 0 Å². The van der Waals surface area contributed by atoms with E-state index in [1.54, 1.807) is 30.3 Å². The third kappa shape index (κ3) is 5.30. The average Bonchev–Trinajstić information content (AvgIpc) is 3.23.